The molecule has 0 atom stereocenters. The lowest BCUT2D eigenvalue weighted by molar-refractivity contribution is -0.649. The van der Waals surface area contributed by atoms with Crippen molar-refractivity contribution in [3.63, 3.8) is 0 Å². The molecule has 2 aromatic heterocycles. The third-order valence-corrected chi connectivity index (χ3v) is 1.86. The van der Waals surface area contributed by atoms with Gasteiger partial charge < -0.3 is 10.3 Å². The summed E-state index contributed by atoms with van der Waals surface area (Å²) in [5.41, 5.74) is 7.41. The Balaban J connectivity index is 0.000000461. The van der Waals surface area contributed by atoms with Gasteiger partial charge >= 0.3 is 0 Å². The average Bonchev–Trinajstić information content (AvgIpc) is 2.59. The number of anilines is 1. The van der Waals surface area contributed by atoms with Crippen molar-refractivity contribution < 1.29 is 4.57 Å². The fraction of sp³-hybridized carbons (Fsp3) is 0.444. The molecule has 0 saturated heterocycles. The molecule has 0 aliphatic carbocycles. The zero-order chi connectivity index (χ0) is 10.7. The Bertz CT molecular complexity index is 432. The quantitative estimate of drug-likeness (QED) is 0.617. The highest BCUT2D eigenvalue weighted by Gasteiger charge is 2.13. The molecule has 76 valence electrons. The van der Waals surface area contributed by atoms with Crippen LogP contribution < -0.4 is 10.3 Å². The van der Waals surface area contributed by atoms with Crippen LogP contribution in [0.25, 0.3) is 11.2 Å². The molecule has 0 fully saturated rings. The number of fused-ring (bicyclic) bond motifs is 1. The fourth-order valence-electron chi connectivity index (χ4n) is 1.24. The Labute approximate surface area is 83.2 Å². The second kappa shape index (κ2) is 4.04. The maximum atomic E-state index is 5.69. The van der Waals surface area contributed by atoms with Gasteiger partial charge in [-0.2, -0.15) is 0 Å². The van der Waals surface area contributed by atoms with Crippen LogP contribution in [0, 0.1) is 0 Å². The van der Waals surface area contributed by atoms with Crippen LogP contribution in [0.1, 0.15) is 13.8 Å². The van der Waals surface area contributed by atoms with Crippen molar-refractivity contribution >= 4 is 17.0 Å². The summed E-state index contributed by atoms with van der Waals surface area (Å²) in [6.07, 6.45) is 3.38. The maximum absolute atomic E-state index is 5.69. The molecule has 0 aliphatic rings. The summed E-state index contributed by atoms with van der Waals surface area (Å²) in [5, 5.41) is 0. The summed E-state index contributed by atoms with van der Waals surface area (Å²) < 4.78 is 3.70. The van der Waals surface area contributed by atoms with E-state index in [1.54, 1.807) is 12.7 Å². The van der Waals surface area contributed by atoms with Crippen molar-refractivity contribution in [3.8, 4) is 0 Å². The Hall–Kier alpha value is -1.65. The molecule has 2 N–H and O–H groups in total. The molecule has 0 unspecified atom stereocenters. The molecule has 0 aromatic carbocycles. The van der Waals surface area contributed by atoms with Crippen LogP contribution in [-0.2, 0) is 14.1 Å². The lowest BCUT2D eigenvalue weighted by atomic mass is 10.5. The Morgan fingerprint density at radius 2 is 2.00 bits per heavy atom. The van der Waals surface area contributed by atoms with Gasteiger partial charge in [-0.15, -0.1) is 0 Å². The van der Waals surface area contributed by atoms with Gasteiger partial charge in [-0.1, -0.05) is 23.8 Å². The zero-order valence-corrected chi connectivity index (χ0v) is 9.02. The van der Waals surface area contributed by atoms with Crippen LogP contribution in [0.5, 0.6) is 0 Å². The van der Waals surface area contributed by atoms with Gasteiger partial charge in [0, 0.05) is 7.05 Å². The molecule has 14 heavy (non-hydrogen) atoms. The molecular weight excluding hydrogens is 178 g/mol. The van der Waals surface area contributed by atoms with Crippen molar-refractivity contribution in [1.29, 1.82) is 0 Å². The number of imidazole rings is 1. The van der Waals surface area contributed by atoms with E-state index in [2.05, 4.69) is 9.97 Å². The van der Waals surface area contributed by atoms with Crippen LogP contribution in [0.15, 0.2) is 12.7 Å². The van der Waals surface area contributed by atoms with Crippen LogP contribution in [-0.4, -0.2) is 14.5 Å². The van der Waals surface area contributed by atoms with E-state index in [1.807, 2.05) is 37.1 Å². The van der Waals surface area contributed by atoms with E-state index in [0.717, 1.165) is 11.2 Å². The van der Waals surface area contributed by atoms with E-state index in [4.69, 9.17) is 5.73 Å². The highest BCUT2D eigenvalue weighted by atomic mass is 15.1. The average molecular weight is 194 g/mol. The van der Waals surface area contributed by atoms with E-state index in [-0.39, 0.29) is 0 Å². The standard InChI is InChI=1S/C7H9N5.C2H6/c1-11-4-10-7-5(11)6(8)9-3-12(7)2;1-2/h3-4,8H,1-2H3;1-2H3/p+1. The van der Waals surface area contributed by atoms with Crippen LogP contribution >= 0.6 is 0 Å². The molecule has 0 saturated carbocycles. The SMILES string of the molecule is CC.Cn1cnc2c1c(N)nc[n+]2C. The van der Waals surface area contributed by atoms with Crippen molar-refractivity contribution in [2.75, 3.05) is 5.73 Å². The number of nitrogens with zero attached hydrogens (tertiary/aromatic N) is 4. The predicted molar refractivity (Wildman–Crippen MR) is 55.4 cm³/mol. The van der Waals surface area contributed by atoms with Crippen LogP contribution in [0.3, 0.4) is 0 Å². The van der Waals surface area contributed by atoms with Crippen molar-refractivity contribution in [2.45, 2.75) is 13.8 Å². The molecular formula is C9H16N5+. The lowest BCUT2D eigenvalue weighted by Gasteiger charge is -1.94. The van der Waals surface area contributed by atoms with E-state index >= 15 is 0 Å². The van der Waals surface area contributed by atoms with Gasteiger partial charge in [-0.3, -0.25) is 0 Å². The van der Waals surface area contributed by atoms with E-state index < -0.39 is 0 Å². The third kappa shape index (κ3) is 1.53. The van der Waals surface area contributed by atoms with E-state index in [9.17, 15) is 0 Å². The van der Waals surface area contributed by atoms with Crippen molar-refractivity contribution in [3.05, 3.63) is 12.7 Å². The Morgan fingerprint density at radius 1 is 1.36 bits per heavy atom. The van der Waals surface area contributed by atoms with Gasteiger partial charge in [-0.05, 0) is 0 Å². The number of nitrogens with two attached hydrogens (primary N) is 1. The molecule has 0 bridgehead atoms. The summed E-state index contributed by atoms with van der Waals surface area (Å²) in [5.74, 6) is 0.517. The fourth-order valence-corrected chi connectivity index (χ4v) is 1.24. The molecule has 0 spiro atoms. The minimum absolute atomic E-state index is 0.517. The topological polar surface area (TPSA) is 60.6 Å². The van der Waals surface area contributed by atoms with Gasteiger partial charge in [0.15, 0.2) is 11.8 Å². The first-order chi connectivity index (χ1) is 6.70. The van der Waals surface area contributed by atoms with Gasteiger partial charge in [0.25, 0.3) is 5.65 Å². The van der Waals surface area contributed by atoms with Crippen LogP contribution in [0.4, 0.5) is 5.82 Å². The summed E-state index contributed by atoms with van der Waals surface area (Å²) in [6, 6.07) is 0. The number of aromatic nitrogens is 4. The number of rotatable bonds is 0. The van der Waals surface area contributed by atoms with Gasteiger partial charge in [0.05, 0.1) is 7.05 Å². The molecule has 0 radical (unpaired) electrons. The molecule has 0 aliphatic heterocycles. The number of hydrogen-bond donors (Lipinski definition) is 1. The normalized spacial score (nSPS) is 9.71. The number of hydrogen-bond acceptors (Lipinski definition) is 3. The number of aryl methyl sites for hydroxylation is 2. The van der Waals surface area contributed by atoms with E-state index in [0.29, 0.717) is 5.82 Å². The summed E-state index contributed by atoms with van der Waals surface area (Å²) in [4.78, 5) is 8.20. The summed E-state index contributed by atoms with van der Waals surface area (Å²) in [7, 11) is 3.79. The molecule has 0 amide bonds. The van der Waals surface area contributed by atoms with Gasteiger partial charge in [-0.25, -0.2) is 4.57 Å². The second-order valence-corrected chi connectivity index (χ2v) is 2.77. The minimum Gasteiger partial charge on any atom is -0.368 e. The number of nitrogen functional groups attached to an aromatic ring is 1. The Kier molecular flexibility index (Phi) is 3.01. The van der Waals surface area contributed by atoms with Gasteiger partial charge in [0.2, 0.25) is 12.1 Å². The summed E-state index contributed by atoms with van der Waals surface area (Å²) >= 11 is 0. The molecule has 2 aromatic rings. The highest BCUT2D eigenvalue weighted by molar-refractivity contribution is 5.78. The first-order valence-corrected chi connectivity index (χ1v) is 4.61. The third-order valence-electron chi connectivity index (χ3n) is 1.86. The predicted octanol–water partition coefficient (Wildman–Crippen LogP) is 0.401. The maximum Gasteiger partial charge on any atom is 0.293 e. The van der Waals surface area contributed by atoms with Crippen molar-refractivity contribution in [1.82, 2.24) is 14.5 Å². The Morgan fingerprint density at radius 3 is 2.57 bits per heavy atom. The molecule has 5 nitrogen and oxygen atoms in total. The zero-order valence-electron chi connectivity index (χ0n) is 9.02. The molecule has 5 heteroatoms. The van der Waals surface area contributed by atoms with Crippen molar-refractivity contribution in [2.24, 2.45) is 14.1 Å². The highest BCUT2D eigenvalue weighted by Crippen LogP contribution is 2.11. The molecule has 2 rings (SSSR count). The summed E-state index contributed by atoms with van der Waals surface area (Å²) in [6.45, 7) is 4.00. The lowest BCUT2D eigenvalue weighted by Crippen LogP contribution is -2.30. The van der Waals surface area contributed by atoms with Gasteiger partial charge in [0.1, 0.15) is 0 Å². The largest absolute Gasteiger partial charge is 0.368 e. The molecule has 2 heterocycles. The smallest absolute Gasteiger partial charge is 0.293 e. The first kappa shape index (κ1) is 10.4. The second-order valence-electron chi connectivity index (χ2n) is 2.77. The monoisotopic (exact) mass is 194 g/mol. The van der Waals surface area contributed by atoms with E-state index in [1.165, 1.54) is 0 Å². The van der Waals surface area contributed by atoms with Crippen LogP contribution in [0.2, 0.25) is 0 Å². The first-order valence-electron chi connectivity index (χ1n) is 4.61. The minimum atomic E-state index is 0.517.